The first-order valence-corrected chi connectivity index (χ1v) is 10.4. The predicted octanol–water partition coefficient (Wildman–Crippen LogP) is 3.69. The molecule has 0 spiro atoms. The number of rotatable bonds is 4. The number of nitrogens with two attached hydrogens (primary N) is 1. The van der Waals surface area contributed by atoms with Crippen molar-refractivity contribution in [2.75, 3.05) is 13.1 Å². The number of carbonyl (C=O) groups excluding carboxylic acids is 1. The first kappa shape index (κ1) is 18.1. The molecule has 1 aliphatic heterocycles. The molecule has 1 saturated heterocycles. The van der Waals surface area contributed by atoms with Crippen LogP contribution >= 0.6 is 11.3 Å². The Hall–Kier alpha value is -2.25. The quantitative estimate of drug-likeness (QED) is 0.745. The van der Waals surface area contributed by atoms with Crippen molar-refractivity contribution < 1.29 is 4.79 Å². The lowest BCUT2D eigenvalue weighted by molar-refractivity contribution is 0.0625. The zero-order chi connectivity index (χ0) is 19.0. The number of hydrogen-bond donors (Lipinski definition) is 1. The summed E-state index contributed by atoms with van der Waals surface area (Å²) in [7, 11) is 0. The van der Waals surface area contributed by atoms with Gasteiger partial charge in [0, 0.05) is 25.2 Å². The Labute approximate surface area is 163 Å². The van der Waals surface area contributed by atoms with E-state index in [1.165, 1.54) is 0 Å². The lowest BCUT2D eigenvalue weighted by Crippen LogP contribution is -2.47. The smallest absolute Gasteiger partial charge is 0.255 e. The molecule has 2 N–H and O–H groups in total. The topological polar surface area (TPSA) is 77.0 Å². The maximum Gasteiger partial charge on any atom is 0.255 e. The Balaban J connectivity index is 1.87. The molecule has 3 aromatic rings. The summed E-state index contributed by atoms with van der Waals surface area (Å²) in [6.45, 7) is 5.41. The van der Waals surface area contributed by atoms with Gasteiger partial charge < -0.3 is 10.6 Å². The number of amides is 1. The number of pyridine rings is 1. The van der Waals surface area contributed by atoms with Crippen LogP contribution in [0.4, 0.5) is 0 Å². The van der Waals surface area contributed by atoms with Gasteiger partial charge in [0.1, 0.15) is 0 Å². The predicted molar refractivity (Wildman–Crippen MR) is 109 cm³/mol. The minimum atomic E-state index is 0.0404. The minimum Gasteiger partial charge on any atom is -0.334 e. The van der Waals surface area contributed by atoms with Crippen LogP contribution in [0.3, 0.4) is 0 Å². The van der Waals surface area contributed by atoms with Gasteiger partial charge in [0.25, 0.3) is 5.91 Å². The number of aromatic nitrogens is 3. The molecule has 0 aliphatic carbocycles. The van der Waals surface area contributed by atoms with E-state index < -0.39 is 0 Å². The summed E-state index contributed by atoms with van der Waals surface area (Å²) in [6.07, 6.45) is 4.90. The number of likely N-dealkylation sites (tertiary alicyclic amines) is 1. The van der Waals surface area contributed by atoms with E-state index in [0.717, 1.165) is 47.4 Å². The van der Waals surface area contributed by atoms with Gasteiger partial charge in [0.05, 0.1) is 27.7 Å². The van der Waals surface area contributed by atoms with Gasteiger partial charge in [-0.2, -0.15) is 5.10 Å². The van der Waals surface area contributed by atoms with Crippen LogP contribution in [-0.4, -0.2) is 44.7 Å². The molecule has 0 radical (unpaired) electrons. The standard InChI is InChI=1S/C20H25N5OS/c1-13(2)25-19-16(12-22-25)15(10-17(23-19)18-7-5-9-27-18)20(26)24-8-4-3-6-14(24)11-21/h5,7,9-10,12-14H,3-4,6,8,11,21H2,1-2H3. The Morgan fingerprint density at radius 3 is 2.96 bits per heavy atom. The number of nitrogens with zero attached hydrogens (tertiary/aromatic N) is 4. The molecule has 0 aromatic carbocycles. The second-order valence-corrected chi connectivity index (χ2v) is 8.28. The lowest BCUT2D eigenvalue weighted by Gasteiger charge is -2.35. The van der Waals surface area contributed by atoms with Crippen LogP contribution in [0.25, 0.3) is 21.6 Å². The number of fused-ring (bicyclic) bond motifs is 1. The molecule has 6 nitrogen and oxygen atoms in total. The van der Waals surface area contributed by atoms with Gasteiger partial charge in [0.2, 0.25) is 0 Å². The molecule has 1 amide bonds. The van der Waals surface area contributed by atoms with Crippen LogP contribution in [0.2, 0.25) is 0 Å². The van der Waals surface area contributed by atoms with Crippen LogP contribution in [-0.2, 0) is 0 Å². The van der Waals surface area contributed by atoms with E-state index in [2.05, 4.69) is 18.9 Å². The molecule has 4 rings (SSSR count). The van der Waals surface area contributed by atoms with Crippen molar-refractivity contribution in [1.29, 1.82) is 0 Å². The monoisotopic (exact) mass is 383 g/mol. The number of carbonyl (C=O) groups is 1. The summed E-state index contributed by atoms with van der Waals surface area (Å²) in [6, 6.07) is 6.24. The van der Waals surface area contributed by atoms with Gasteiger partial charge in [-0.05, 0) is 50.6 Å². The fraction of sp³-hybridized carbons (Fsp3) is 0.450. The van der Waals surface area contributed by atoms with Crippen molar-refractivity contribution in [3.8, 4) is 10.6 Å². The Bertz CT molecular complexity index is 947. The van der Waals surface area contributed by atoms with Crippen molar-refractivity contribution in [3.05, 3.63) is 35.3 Å². The van der Waals surface area contributed by atoms with E-state index in [1.807, 2.05) is 33.2 Å². The van der Waals surface area contributed by atoms with Crippen molar-refractivity contribution in [3.63, 3.8) is 0 Å². The Morgan fingerprint density at radius 1 is 1.41 bits per heavy atom. The Morgan fingerprint density at radius 2 is 2.26 bits per heavy atom. The minimum absolute atomic E-state index is 0.0404. The zero-order valence-electron chi connectivity index (χ0n) is 15.8. The van der Waals surface area contributed by atoms with Crippen LogP contribution < -0.4 is 5.73 Å². The van der Waals surface area contributed by atoms with Gasteiger partial charge in [-0.1, -0.05) is 6.07 Å². The highest BCUT2D eigenvalue weighted by Crippen LogP contribution is 2.30. The van der Waals surface area contributed by atoms with Gasteiger partial charge >= 0.3 is 0 Å². The summed E-state index contributed by atoms with van der Waals surface area (Å²) in [5.41, 5.74) is 8.22. The highest BCUT2D eigenvalue weighted by Gasteiger charge is 2.29. The fourth-order valence-electron chi connectivity index (χ4n) is 3.79. The first-order valence-electron chi connectivity index (χ1n) is 9.53. The van der Waals surface area contributed by atoms with Crippen LogP contribution in [0, 0.1) is 0 Å². The highest BCUT2D eigenvalue weighted by atomic mass is 32.1. The normalized spacial score (nSPS) is 17.8. The number of hydrogen-bond acceptors (Lipinski definition) is 5. The van der Waals surface area contributed by atoms with Crippen LogP contribution in [0.15, 0.2) is 29.8 Å². The molecule has 7 heteroatoms. The summed E-state index contributed by atoms with van der Waals surface area (Å²) in [5.74, 6) is 0.0404. The van der Waals surface area contributed by atoms with Crippen molar-refractivity contribution in [2.45, 2.75) is 45.2 Å². The molecule has 1 aliphatic rings. The molecule has 27 heavy (non-hydrogen) atoms. The van der Waals surface area contributed by atoms with Crippen LogP contribution in [0.5, 0.6) is 0 Å². The summed E-state index contributed by atoms with van der Waals surface area (Å²) in [4.78, 5) is 21.3. The second kappa shape index (κ2) is 7.40. The molecule has 1 unspecified atom stereocenters. The Kier molecular flexibility index (Phi) is 4.97. The van der Waals surface area contributed by atoms with E-state index >= 15 is 0 Å². The summed E-state index contributed by atoms with van der Waals surface area (Å²) < 4.78 is 1.89. The molecule has 3 aromatic heterocycles. The van der Waals surface area contributed by atoms with Crippen molar-refractivity contribution in [1.82, 2.24) is 19.7 Å². The van der Waals surface area contributed by atoms with Gasteiger partial charge in [0.15, 0.2) is 5.65 Å². The highest BCUT2D eigenvalue weighted by molar-refractivity contribution is 7.13. The van der Waals surface area contributed by atoms with Crippen LogP contribution in [0.1, 0.15) is 49.5 Å². The van der Waals surface area contributed by atoms with Crippen molar-refractivity contribution >= 4 is 28.3 Å². The fourth-order valence-corrected chi connectivity index (χ4v) is 4.48. The third-order valence-corrected chi connectivity index (χ3v) is 6.11. The second-order valence-electron chi connectivity index (χ2n) is 7.34. The van der Waals surface area contributed by atoms with Gasteiger partial charge in [-0.15, -0.1) is 11.3 Å². The van der Waals surface area contributed by atoms with E-state index in [1.54, 1.807) is 17.5 Å². The first-order chi connectivity index (χ1) is 13.1. The third kappa shape index (κ3) is 3.26. The third-order valence-electron chi connectivity index (χ3n) is 5.22. The van der Waals surface area contributed by atoms with E-state index in [4.69, 9.17) is 10.7 Å². The largest absolute Gasteiger partial charge is 0.334 e. The zero-order valence-corrected chi connectivity index (χ0v) is 16.6. The average Bonchev–Trinajstić information content (AvgIpc) is 3.36. The summed E-state index contributed by atoms with van der Waals surface area (Å²) in [5, 5.41) is 7.35. The maximum absolute atomic E-state index is 13.5. The molecule has 4 heterocycles. The molecular weight excluding hydrogens is 358 g/mol. The molecule has 1 fully saturated rings. The lowest BCUT2D eigenvalue weighted by atomic mass is 10.00. The number of thiophene rings is 1. The maximum atomic E-state index is 13.5. The molecule has 1 atom stereocenters. The van der Waals surface area contributed by atoms with Gasteiger partial charge in [-0.25, -0.2) is 9.67 Å². The molecule has 0 bridgehead atoms. The van der Waals surface area contributed by atoms with E-state index in [0.29, 0.717) is 12.1 Å². The van der Waals surface area contributed by atoms with Crippen molar-refractivity contribution in [2.24, 2.45) is 5.73 Å². The molecular formula is C20H25N5OS. The SMILES string of the molecule is CC(C)n1ncc2c(C(=O)N3CCCCC3CN)cc(-c3cccs3)nc21. The number of piperidine rings is 1. The molecule has 142 valence electrons. The molecule has 0 saturated carbocycles. The van der Waals surface area contributed by atoms with E-state index in [9.17, 15) is 4.79 Å². The average molecular weight is 384 g/mol. The summed E-state index contributed by atoms with van der Waals surface area (Å²) >= 11 is 1.63. The van der Waals surface area contributed by atoms with Gasteiger partial charge in [-0.3, -0.25) is 4.79 Å². The van der Waals surface area contributed by atoms with E-state index in [-0.39, 0.29) is 18.0 Å².